The van der Waals surface area contributed by atoms with Crippen LogP contribution in [-0.4, -0.2) is 32.1 Å². The van der Waals surface area contributed by atoms with Crippen LogP contribution in [0.15, 0.2) is 67.1 Å². The van der Waals surface area contributed by atoms with Crippen LogP contribution in [0.2, 0.25) is 5.02 Å². The molecule has 11 heteroatoms. The Hall–Kier alpha value is -2.45. The molecule has 3 heterocycles. The van der Waals surface area contributed by atoms with Gasteiger partial charge in [-0.25, -0.2) is 9.37 Å². The van der Waals surface area contributed by atoms with Gasteiger partial charge in [-0.1, -0.05) is 66.6 Å². The van der Waals surface area contributed by atoms with Gasteiger partial charge in [0.05, 0.1) is 11.1 Å². The number of fused-ring (bicyclic) bond motifs is 1. The van der Waals surface area contributed by atoms with Gasteiger partial charge in [0.1, 0.15) is 12.1 Å². The number of hydrogen-bond donors (Lipinski definition) is 1. The highest BCUT2D eigenvalue weighted by atomic mass is 35.5. The number of nitrogens with zero attached hydrogens (tertiary/aromatic N) is 5. The maximum atomic E-state index is 14.7. The molecule has 1 atom stereocenters. The molecule has 0 amide bonds. The van der Waals surface area contributed by atoms with Gasteiger partial charge in [-0.05, 0) is 74.7 Å². The van der Waals surface area contributed by atoms with E-state index in [9.17, 15) is 4.39 Å². The van der Waals surface area contributed by atoms with Gasteiger partial charge >= 0.3 is 0 Å². The molecule has 1 aliphatic rings. The molecule has 4 aromatic rings. The molecule has 0 radical (unpaired) electrons. The number of halogens is 2. The van der Waals surface area contributed by atoms with Gasteiger partial charge in [-0.3, -0.25) is 4.45 Å². The molecular formula is C30H45ClFN6PS2. The Labute approximate surface area is 262 Å². The normalized spacial score (nSPS) is 10.9. The van der Waals surface area contributed by atoms with Crippen LogP contribution in [0.3, 0.4) is 0 Å². The summed E-state index contributed by atoms with van der Waals surface area (Å²) in [7, 11) is 0.617. The van der Waals surface area contributed by atoms with E-state index in [1.54, 1.807) is 6.07 Å². The summed E-state index contributed by atoms with van der Waals surface area (Å²) in [6.45, 7) is 21.5. The summed E-state index contributed by atoms with van der Waals surface area (Å²) in [5.74, 6) is -0.310. The molecule has 5 rings (SSSR count). The van der Waals surface area contributed by atoms with E-state index in [1.165, 1.54) is 40.7 Å². The van der Waals surface area contributed by atoms with Crippen molar-refractivity contribution in [2.24, 2.45) is 0 Å². The number of hydrogen-bond acceptors (Lipinski definition) is 7. The van der Waals surface area contributed by atoms with Crippen LogP contribution in [0.25, 0.3) is 11.1 Å². The predicted octanol–water partition coefficient (Wildman–Crippen LogP) is 10.5. The lowest BCUT2D eigenvalue weighted by molar-refractivity contribution is 0.599. The quantitative estimate of drug-likeness (QED) is 0.123. The zero-order valence-corrected chi connectivity index (χ0v) is 27.9. The maximum absolute atomic E-state index is 14.7. The van der Waals surface area contributed by atoms with Crippen LogP contribution >= 0.6 is 43.8 Å². The third kappa shape index (κ3) is 10.7. The van der Waals surface area contributed by atoms with Crippen molar-refractivity contribution in [3.05, 3.63) is 84.2 Å². The molecule has 0 spiro atoms. The Morgan fingerprint density at radius 3 is 2.41 bits per heavy atom. The Bertz CT molecular complexity index is 1270. The second-order valence-corrected chi connectivity index (χ2v) is 10.2. The SMILES string of the molecule is C.C=C.CC.CC.CC.CPn1cc(-c2ccc3c(c2)CCN3Cc2cc(F)c(SNc3ncns3)cc2Cl)cn1. The van der Waals surface area contributed by atoms with E-state index >= 15 is 0 Å². The van der Waals surface area contributed by atoms with E-state index in [0.29, 0.717) is 30.3 Å². The van der Waals surface area contributed by atoms with Crippen molar-refractivity contribution in [1.82, 2.24) is 18.9 Å². The highest BCUT2D eigenvalue weighted by Gasteiger charge is 2.22. The van der Waals surface area contributed by atoms with Crippen LogP contribution < -0.4 is 9.62 Å². The second-order valence-electron chi connectivity index (χ2n) is 7.24. The van der Waals surface area contributed by atoms with Gasteiger partial charge in [0, 0.05) is 47.1 Å². The largest absolute Gasteiger partial charge is 0.367 e. The number of benzene rings is 2. The Morgan fingerprint density at radius 2 is 1.80 bits per heavy atom. The highest BCUT2D eigenvalue weighted by Crippen LogP contribution is 2.36. The van der Waals surface area contributed by atoms with Gasteiger partial charge in [0.25, 0.3) is 0 Å². The fourth-order valence-corrected chi connectivity index (χ4v) is 5.57. The molecule has 0 aliphatic carbocycles. The van der Waals surface area contributed by atoms with Crippen LogP contribution in [-0.2, 0) is 13.0 Å². The minimum absolute atomic E-state index is 0. The Kier molecular flexibility index (Phi) is 20.0. The van der Waals surface area contributed by atoms with Crippen molar-refractivity contribution in [2.75, 3.05) is 22.8 Å². The van der Waals surface area contributed by atoms with E-state index in [-0.39, 0.29) is 13.2 Å². The monoisotopic (exact) mass is 638 g/mol. The highest BCUT2D eigenvalue weighted by molar-refractivity contribution is 8.00. The third-order valence-electron chi connectivity index (χ3n) is 5.29. The first-order valence-electron chi connectivity index (χ1n) is 13.4. The summed E-state index contributed by atoms with van der Waals surface area (Å²) in [4.78, 5) is 6.71. The van der Waals surface area contributed by atoms with E-state index in [1.807, 2.05) is 52.2 Å². The van der Waals surface area contributed by atoms with Crippen molar-refractivity contribution in [3.8, 4) is 11.1 Å². The number of anilines is 2. The lowest BCUT2D eigenvalue weighted by Crippen LogP contribution is -2.20. The summed E-state index contributed by atoms with van der Waals surface area (Å²) < 4.78 is 23.6. The molecule has 2 aromatic carbocycles. The zero-order chi connectivity index (χ0) is 30.1. The predicted molar refractivity (Wildman–Crippen MR) is 185 cm³/mol. The molecule has 2 aromatic heterocycles. The molecule has 0 bridgehead atoms. The summed E-state index contributed by atoms with van der Waals surface area (Å²) >= 11 is 8.87. The van der Waals surface area contributed by atoms with Gasteiger partial charge in [0.2, 0.25) is 5.13 Å². The van der Waals surface area contributed by atoms with Gasteiger partial charge in [-0.15, -0.1) is 13.2 Å². The smallest absolute Gasteiger partial charge is 0.212 e. The standard InChI is InChI=1S/C21H19ClFN6PS2.3C2H6.C2H4.CH4/c1-30-29-11-16(9-25-29)13-2-3-19-14(6-13)4-5-28(19)10-15-7-18(23)20(8-17(15)22)31-27-21-24-12-26-32-21;4*1-2;/h2-3,6-9,11-12,30H,4-5,10H2,1H3,(H,24,26,27);3*1-2H3;1-2H2;1H4. The molecule has 6 nitrogen and oxygen atoms in total. The average molecular weight is 639 g/mol. The molecule has 1 N–H and O–H groups in total. The third-order valence-corrected chi connectivity index (χ3v) is 7.88. The van der Waals surface area contributed by atoms with Crippen molar-refractivity contribution in [2.45, 2.75) is 66.8 Å². The number of rotatable bonds is 7. The van der Waals surface area contributed by atoms with E-state index in [2.05, 4.69) is 68.3 Å². The van der Waals surface area contributed by atoms with Gasteiger partial charge in [0.15, 0.2) is 0 Å². The fraction of sp³-hybridized carbons (Fsp3) is 0.367. The lowest BCUT2D eigenvalue weighted by Gasteiger charge is -2.21. The van der Waals surface area contributed by atoms with E-state index < -0.39 is 0 Å². The molecule has 1 aliphatic heterocycles. The van der Waals surface area contributed by atoms with Gasteiger partial charge < -0.3 is 9.62 Å². The summed E-state index contributed by atoms with van der Waals surface area (Å²) in [5.41, 5.74) is 5.53. The molecule has 0 saturated heterocycles. The maximum Gasteiger partial charge on any atom is 0.212 e. The molecular weight excluding hydrogens is 594 g/mol. The van der Waals surface area contributed by atoms with Crippen molar-refractivity contribution < 1.29 is 4.39 Å². The minimum atomic E-state index is -0.310. The first-order chi connectivity index (χ1) is 19.6. The molecule has 41 heavy (non-hydrogen) atoms. The fourth-order valence-electron chi connectivity index (χ4n) is 3.70. The molecule has 1 unspecified atom stereocenters. The van der Waals surface area contributed by atoms with Crippen molar-refractivity contribution in [1.29, 1.82) is 0 Å². The van der Waals surface area contributed by atoms with E-state index in [0.717, 1.165) is 36.0 Å². The van der Waals surface area contributed by atoms with E-state index in [4.69, 9.17) is 11.6 Å². The van der Waals surface area contributed by atoms with Crippen LogP contribution in [0.4, 0.5) is 15.2 Å². The van der Waals surface area contributed by atoms with Gasteiger partial charge in [-0.2, -0.15) is 9.47 Å². The topological polar surface area (TPSA) is 58.9 Å². The summed E-state index contributed by atoms with van der Waals surface area (Å²) in [6, 6.07) is 9.69. The zero-order valence-electron chi connectivity index (χ0n) is 24.5. The molecule has 0 fully saturated rings. The number of nitrogens with one attached hydrogen (secondary N) is 1. The second kappa shape index (κ2) is 21.3. The van der Waals surface area contributed by atoms with Crippen molar-refractivity contribution in [3.63, 3.8) is 0 Å². The summed E-state index contributed by atoms with van der Waals surface area (Å²) in [5, 5.41) is 5.55. The Balaban J connectivity index is 0.00000164. The van der Waals surface area contributed by atoms with Crippen molar-refractivity contribution >= 4 is 54.6 Å². The van der Waals surface area contributed by atoms with Crippen LogP contribution in [0, 0.1) is 5.82 Å². The average Bonchev–Trinajstić information content (AvgIpc) is 3.80. The first-order valence-corrected chi connectivity index (χ1v) is 16.8. The Morgan fingerprint density at radius 1 is 1.10 bits per heavy atom. The lowest BCUT2D eigenvalue weighted by atomic mass is 10.0. The molecule has 226 valence electrons. The first kappa shape index (κ1) is 38.5. The summed E-state index contributed by atoms with van der Waals surface area (Å²) in [6.07, 6.45) is 6.39. The van der Waals surface area contributed by atoms with Crippen LogP contribution in [0.5, 0.6) is 0 Å². The van der Waals surface area contributed by atoms with Crippen LogP contribution in [0.1, 0.15) is 60.1 Å². The molecule has 0 saturated carbocycles. The number of aromatic nitrogens is 4. The minimum Gasteiger partial charge on any atom is -0.367 e.